The second-order valence-corrected chi connectivity index (χ2v) is 5.58. The maximum Gasteiger partial charge on any atom is 0.249 e. The van der Waals surface area contributed by atoms with Gasteiger partial charge in [-0.05, 0) is 33.3 Å². The Balaban J connectivity index is 0.000000307. The zero-order valence-corrected chi connectivity index (χ0v) is 14.8. The van der Waals surface area contributed by atoms with Crippen molar-refractivity contribution in [2.24, 2.45) is 0 Å². The Morgan fingerprint density at radius 2 is 1.79 bits per heavy atom. The van der Waals surface area contributed by atoms with Crippen LogP contribution in [0.1, 0.15) is 37.9 Å². The van der Waals surface area contributed by atoms with Gasteiger partial charge in [0.2, 0.25) is 10.9 Å². The molecular weight excluding hydrogens is 298 g/mol. The zero-order chi connectivity index (χ0) is 18.1. The van der Waals surface area contributed by atoms with Crippen molar-refractivity contribution in [1.29, 1.82) is 0 Å². The highest BCUT2D eigenvalue weighted by molar-refractivity contribution is 5.56. The van der Waals surface area contributed by atoms with Gasteiger partial charge in [-0.25, -0.2) is 0 Å². The molecule has 2 aromatic rings. The summed E-state index contributed by atoms with van der Waals surface area (Å²) in [6, 6.07) is 9.84. The summed E-state index contributed by atoms with van der Waals surface area (Å²) in [4.78, 5) is 22.3. The molecule has 126 valence electrons. The quantitative estimate of drug-likeness (QED) is 0.653. The minimum absolute atomic E-state index is 0.0307. The van der Waals surface area contributed by atoms with Gasteiger partial charge in [0.05, 0.1) is 5.69 Å². The highest BCUT2D eigenvalue weighted by Crippen LogP contribution is 2.18. The molecule has 0 aliphatic carbocycles. The van der Waals surface area contributed by atoms with Crippen LogP contribution in [-0.4, -0.2) is 0 Å². The lowest BCUT2D eigenvalue weighted by molar-refractivity contribution is 0.875. The molecule has 1 atom stereocenters. The molecule has 0 saturated carbocycles. The average molecular weight is 323 g/mol. The molecule has 0 fully saturated rings. The number of benzene rings is 1. The van der Waals surface area contributed by atoms with Gasteiger partial charge < -0.3 is 5.32 Å². The van der Waals surface area contributed by atoms with Crippen LogP contribution in [0.4, 0.5) is 5.69 Å². The summed E-state index contributed by atoms with van der Waals surface area (Å²) < 4.78 is 0. The number of hydrogen-bond donors (Lipinski definition) is 1. The van der Waals surface area contributed by atoms with E-state index in [2.05, 4.69) is 11.9 Å². The fourth-order valence-electron chi connectivity index (χ4n) is 2.22. The predicted molar refractivity (Wildman–Crippen MR) is 103 cm³/mol. The van der Waals surface area contributed by atoms with Crippen molar-refractivity contribution in [3.8, 4) is 0 Å². The summed E-state index contributed by atoms with van der Waals surface area (Å²) in [5.41, 5.74) is 2.55. The number of allylic oxidation sites excluding steroid dienone is 5. The first-order valence-corrected chi connectivity index (χ1v) is 7.95. The molecule has 1 unspecified atom stereocenters. The van der Waals surface area contributed by atoms with E-state index in [1.54, 1.807) is 13.0 Å². The summed E-state index contributed by atoms with van der Waals surface area (Å²) in [5.74, 6) is 0. The van der Waals surface area contributed by atoms with E-state index < -0.39 is 5.43 Å². The summed E-state index contributed by atoms with van der Waals surface area (Å²) in [5, 5.41) is 3.07. The Bertz CT molecular complexity index is 791. The van der Waals surface area contributed by atoms with Gasteiger partial charge in [0.25, 0.3) is 0 Å². The third-order valence-electron chi connectivity index (χ3n) is 3.62. The van der Waals surface area contributed by atoms with Gasteiger partial charge in [0.15, 0.2) is 0 Å². The monoisotopic (exact) mass is 323 g/mol. The molecule has 0 bridgehead atoms. The maximum atomic E-state index is 11.3. The van der Waals surface area contributed by atoms with Gasteiger partial charge in [0, 0.05) is 11.6 Å². The van der Waals surface area contributed by atoms with Crippen molar-refractivity contribution in [3.05, 3.63) is 98.4 Å². The molecule has 0 radical (unpaired) electrons. The first-order valence-electron chi connectivity index (χ1n) is 7.95. The van der Waals surface area contributed by atoms with Crippen LogP contribution in [0.2, 0.25) is 0 Å². The molecule has 1 N–H and O–H groups in total. The lowest BCUT2D eigenvalue weighted by atomic mass is 10.1. The van der Waals surface area contributed by atoms with E-state index in [9.17, 15) is 9.59 Å². The van der Waals surface area contributed by atoms with E-state index in [1.807, 2.05) is 69.3 Å². The molecule has 3 nitrogen and oxygen atoms in total. The van der Waals surface area contributed by atoms with Gasteiger partial charge in [-0.15, -0.1) is 0 Å². The standard InChI is InChI=1S/C13H13NO2.C8H12/c1-8-11(13(16)12(8)15)14-9(2)10-6-4-3-5-7-10;1-4-6-8(3)7-5-2/h3-7,9,14H,1-2H3;4-7H,1H2,2-3H3/b;7-5-,8-6-. The van der Waals surface area contributed by atoms with Crippen LogP contribution >= 0.6 is 0 Å². The Hall–Kier alpha value is -2.68. The van der Waals surface area contributed by atoms with Crippen LogP contribution in [0.5, 0.6) is 0 Å². The van der Waals surface area contributed by atoms with Crippen molar-refractivity contribution >= 4 is 5.69 Å². The fourth-order valence-corrected chi connectivity index (χ4v) is 2.22. The van der Waals surface area contributed by atoms with Crippen molar-refractivity contribution < 1.29 is 0 Å². The third-order valence-corrected chi connectivity index (χ3v) is 3.62. The summed E-state index contributed by atoms with van der Waals surface area (Å²) in [6.45, 7) is 11.3. The first kappa shape index (κ1) is 19.4. The van der Waals surface area contributed by atoms with Crippen LogP contribution < -0.4 is 16.2 Å². The Morgan fingerprint density at radius 1 is 1.17 bits per heavy atom. The molecule has 0 aromatic heterocycles. The second kappa shape index (κ2) is 9.46. The van der Waals surface area contributed by atoms with E-state index >= 15 is 0 Å². The molecule has 24 heavy (non-hydrogen) atoms. The Morgan fingerprint density at radius 3 is 2.29 bits per heavy atom. The smallest absolute Gasteiger partial charge is 0.249 e. The second-order valence-electron chi connectivity index (χ2n) is 5.58. The van der Waals surface area contributed by atoms with E-state index in [1.165, 1.54) is 5.57 Å². The average Bonchev–Trinajstić information content (AvgIpc) is 2.60. The maximum absolute atomic E-state index is 11.3. The van der Waals surface area contributed by atoms with Gasteiger partial charge in [-0.1, -0.05) is 66.8 Å². The fraction of sp³-hybridized carbons (Fsp3) is 0.238. The molecule has 2 rings (SSSR count). The largest absolute Gasteiger partial charge is 0.375 e. The highest BCUT2D eigenvalue weighted by atomic mass is 16.2. The Labute approximate surface area is 143 Å². The van der Waals surface area contributed by atoms with Crippen LogP contribution in [-0.2, 0) is 0 Å². The lowest BCUT2D eigenvalue weighted by Crippen LogP contribution is -2.37. The van der Waals surface area contributed by atoms with Crippen LogP contribution in [0.25, 0.3) is 0 Å². The number of anilines is 1. The molecular formula is C21H25NO2. The van der Waals surface area contributed by atoms with E-state index in [4.69, 9.17) is 0 Å². The normalized spacial score (nSPS) is 12.6. The van der Waals surface area contributed by atoms with Crippen LogP contribution in [0, 0.1) is 6.92 Å². The minimum atomic E-state index is -0.403. The van der Waals surface area contributed by atoms with Gasteiger partial charge in [-0.3, -0.25) is 9.59 Å². The summed E-state index contributed by atoms with van der Waals surface area (Å²) in [6.07, 6.45) is 7.81. The molecule has 0 heterocycles. The lowest BCUT2D eigenvalue weighted by Gasteiger charge is -2.17. The minimum Gasteiger partial charge on any atom is -0.375 e. The SMILES string of the molecule is C=C/C=C(C)\C=C/C.Cc1c(NC(C)c2ccccc2)c(=O)c1=O. The van der Waals surface area contributed by atoms with Crippen LogP contribution in [0.3, 0.4) is 0 Å². The summed E-state index contributed by atoms with van der Waals surface area (Å²) in [7, 11) is 0. The van der Waals surface area contributed by atoms with Crippen molar-refractivity contribution in [1.82, 2.24) is 0 Å². The topological polar surface area (TPSA) is 46.2 Å². The summed E-state index contributed by atoms with van der Waals surface area (Å²) >= 11 is 0. The highest BCUT2D eigenvalue weighted by Gasteiger charge is 2.18. The molecule has 2 aromatic carbocycles. The van der Waals surface area contributed by atoms with Crippen molar-refractivity contribution in [3.63, 3.8) is 0 Å². The number of hydrogen-bond acceptors (Lipinski definition) is 3. The molecule has 0 saturated heterocycles. The van der Waals surface area contributed by atoms with Gasteiger partial charge in [0.1, 0.15) is 0 Å². The van der Waals surface area contributed by atoms with Gasteiger partial charge in [-0.2, -0.15) is 0 Å². The van der Waals surface area contributed by atoms with Crippen LogP contribution in [0.15, 0.2) is 76.4 Å². The van der Waals surface area contributed by atoms with Crippen molar-refractivity contribution in [2.45, 2.75) is 33.7 Å². The molecule has 0 aliphatic rings. The van der Waals surface area contributed by atoms with Crippen molar-refractivity contribution in [2.75, 3.05) is 5.32 Å². The third kappa shape index (κ3) is 5.20. The number of rotatable bonds is 5. The first-order chi connectivity index (χ1) is 11.4. The predicted octanol–water partition coefficient (Wildman–Crippen LogP) is 4.46. The van der Waals surface area contributed by atoms with E-state index in [0.29, 0.717) is 11.3 Å². The molecule has 0 spiro atoms. The molecule has 0 amide bonds. The molecule has 3 heteroatoms. The van der Waals surface area contributed by atoms with E-state index in [-0.39, 0.29) is 11.5 Å². The van der Waals surface area contributed by atoms with Gasteiger partial charge >= 0.3 is 0 Å². The van der Waals surface area contributed by atoms with E-state index in [0.717, 1.165) is 5.56 Å². The Kier molecular flexibility index (Phi) is 7.63. The molecule has 0 aliphatic heterocycles. The zero-order valence-electron chi connectivity index (χ0n) is 14.8. The number of nitrogens with one attached hydrogen (secondary N) is 1.